The van der Waals surface area contributed by atoms with Crippen molar-refractivity contribution >= 4 is 22.0 Å². The number of methoxy groups -OCH3 is 2. The monoisotopic (exact) mass is 519 g/mol. The van der Waals surface area contributed by atoms with E-state index in [-0.39, 0.29) is 36.2 Å². The van der Waals surface area contributed by atoms with Crippen LogP contribution in [0.5, 0.6) is 11.5 Å². The lowest BCUT2D eigenvalue weighted by Gasteiger charge is -2.35. The van der Waals surface area contributed by atoms with Crippen LogP contribution >= 0.6 is 0 Å². The summed E-state index contributed by atoms with van der Waals surface area (Å²) in [4.78, 5) is 28.2. The molecule has 2 amide bonds. The van der Waals surface area contributed by atoms with Crippen LogP contribution in [0.3, 0.4) is 0 Å². The van der Waals surface area contributed by atoms with Crippen molar-refractivity contribution < 1.29 is 32.2 Å². The quantitative estimate of drug-likeness (QED) is 0.474. The molecule has 0 saturated carbocycles. The van der Waals surface area contributed by atoms with Crippen LogP contribution in [0.1, 0.15) is 12.5 Å². The number of ether oxygens (including phenoxy) is 3. The van der Waals surface area contributed by atoms with Crippen molar-refractivity contribution in [3.8, 4) is 11.5 Å². The molecule has 1 saturated heterocycles. The van der Waals surface area contributed by atoms with E-state index >= 15 is 0 Å². The number of benzene rings is 2. The molecule has 3 rings (SSSR count). The summed E-state index contributed by atoms with van der Waals surface area (Å²) >= 11 is 0. The van der Waals surface area contributed by atoms with E-state index in [1.165, 1.54) is 36.7 Å². The molecule has 0 N–H and O–H groups in total. The fraction of sp³-hybridized carbons (Fsp3) is 0.440. The van der Waals surface area contributed by atoms with Crippen molar-refractivity contribution in [2.24, 2.45) is 0 Å². The summed E-state index contributed by atoms with van der Waals surface area (Å²) in [5.74, 6) is 0.362. The van der Waals surface area contributed by atoms with E-state index in [4.69, 9.17) is 14.2 Å². The summed E-state index contributed by atoms with van der Waals surface area (Å²) < 4.78 is 44.0. The van der Waals surface area contributed by atoms with Crippen LogP contribution in [0, 0.1) is 0 Å². The molecule has 0 radical (unpaired) electrons. The highest BCUT2D eigenvalue weighted by Crippen LogP contribution is 2.30. The van der Waals surface area contributed by atoms with Crippen molar-refractivity contribution in [1.82, 2.24) is 14.1 Å². The molecule has 0 aliphatic carbocycles. The molecule has 10 nitrogen and oxygen atoms in total. The van der Waals surface area contributed by atoms with Gasteiger partial charge in [0, 0.05) is 38.8 Å². The van der Waals surface area contributed by atoms with E-state index < -0.39 is 16.1 Å². The topological polar surface area (TPSA) is 106 Å². The lowest BCUT2D eigenvalue weighted by atomic mass is 10.1. The fourth-order valence-corrected chi connectivity index (χ4v) is 5.32. The maximum atomic E-state index is 13.6. The van der Waals surface area contributed by atoms with E-state index in [2.05, 4.69) is 0 Å². The molecule has 2 aromatic carbocycles. The Balaban J connectivity index is 1.78. The molecule has 196 valence electrons. The first-order valence-electron chi connectivity index (χ1n) is 11.8. The lowest BCUT2D eigenvalue weighted by Crippen LogP contribution is -2.53. The van der Waals surface area contributed by atoms with E-state index in [0.29, 0.717) is 38.3 Å². The van der Waals surface area contributed by atoms with Gasteiger partial charge >= 0.3 is 6.09 Å². The number of rotatable bonds is 10. The largest absolute Gasteiger partial charge is 0.493 e. The van der Waals surface area contributed by atoms with Gasteiger partial charge < -0.3 is 24.0 Å². The van der Waals surface area contributed by atoms with Crippen LogP contribution < -0.4 is 9.47 Å². The molecular weight excluding hydrogens is 486 g/mol. The molecule has 0 unspecified atom stereocenters. The highest BCUT2D eigenvalue weighted by Gasteiger charge is 2.31. The molecule has 0 bridgehead atoms. The van der Waals surface area contributed by atoms with Crippen LogP contribution in [0.25, 0.3) is 0 Å². The zero-order chi connectivity index (χ0) is 26.1. The molecular formula is C25H33N3O7S. The summed E-state index contributed by atoms with van der Waals surface area (Å²) in [6, 6.07) is 13.8. The van der Waals surface area contributed by atoms with Crippen molar-refractivity contribution in [3.63, 3.8) is 0 Å². The van der Waals surface area contributed by atoms with E-state index in [0.717, 1.165) is 5.56 Å². The van der Waals surface area contributed by atoms with Crippen molar-refractivity contribution in [3.05, 3.63) is 54.1 Å². The van der Waals surface area contributed by atoms with Gasteiger partial charge in [-0.25, -0.2) is 13.2 Å². The van der Waals surface area contributed by atoms with Gasteiger partial charge in [-0.2, -0.15) is 4.31 Å². The Kier molecular flexibility index (Phi) is 9.54. The lowest BCUT2D eigenvalue weighted by molar-refractivity contribution is -0.133. The smallest absolute Gasteiger partial charge is 0.409 e. The van der Waals surface area contributed by atoms with Crippen LogP contribution in [0.4, 0.5) is 4.79 Å². The Labute approximate surface area is 212 Å². The first-order valence-corrected chi connectivity index (χ1v) is 13.2. The maximum absolute atomic E-state index is 13.6. The number of nitrogens with zero attached hydrogens (tertiary/aromatic N) is 3. The Morgan fingerprint density at radius 3 is 2.17 bits per heavy atom. The van der Waals surface area contributed by atoms with Gasteiger partial charge in [-0.3, -0.25) is 4.79 Å². The van der Waals surface area contributed by atoms with Crippen LogP contribution in [0.2, 0.25) is 0 Å². The molecule has 0 atom stereocenters. The molecule has 0 spiro atoms. The Morgan fingerprint density at radius 2 is 1.56 bits per heavy atom. The van der Waals surface area contributed by atoms with Gasteiger partial charge in [-0.15, -0.1) is 0 Å². The second-order valence-electron chi connectivity index (χ2n) is 8.16. The summed E-state index contributed by atoms with van der Waals surface area (Å²) in [6.07, 6.45) is 0.0298. The minimum atomic E-state index is -4.03. The van der Waals surface area contributed by atoms with Gasteiger partial charge in [0.05, 0.1) is 32.3 Å². The molecule has 2 aromatic rings. The second kappa shape index (κ2) is 12.6. The van der Waals surface area contributed by atoms with Gasteiger partial charge in [-0.05, 0) is 31.0 Å². The number of sulfonamides is 1. The minimum absolute atomic E-state index is 0.00754. The molecule has 1 aliphatic heterocycles. The normalized spacial score (nSPS) is 14.0. The summed E-state index contributed by atoms with van der Waals surface area (Å²) in [6.45, 7) is 3.09. The average Bonchev–Trinajstić information content (AvgIpc) is 2.91. The second-order valence-corrected chi connectivity index (χ2v) is 10.1. The van der Waals surface area contributed by atoms with Crippen LogP contribution in [0.15, 0.2) is 53.4 Å². The van der Waals surface area contributed by atoms with E-state index in [1.807, 2.05) is 30.3 Å². The molecule has 11 heteroatoms. The van der Waals surface area contributed by atoms with Gasteiger partial charge in [-0.1, -0.05) is 30.3 Å². The van der Waals surface area contributed by atoms with Crippen molar-refractivity contribution in [2.45, 2.75) is 18.2 Å². The zero-order valence-corrected chi connectivity index (χ0v) is 21.7. The van der Waals surface area contributed by atoms with Gasteiger partial charge in [0.1, 0.15) is 0 Å². The number of piperazine rings is 1. The Morgan fingerprint density at radius 1 is 0.917 bits per heavy atom. The third kappa shape index (κ3) is 6.67. The van der Waals surface area contributed by atoms with Crippen molar-refractivity contribution in [1.29, 1.82) is 0 Å². The molecule has 0 aromatic heterocycles. The summed E-state index contributed by atoms with van der Waals surface area (Å²) in [5, 5.41) is 0. The van der Waals surface area contributed by atoms with Gasteiger partial charge in [0.2, 0.25) is 15.9 Å². The van der Waals surface area contributed by atoms with E-state index in [9.17, 15) is 18.0 Å². The number of carbonyl (C=O) groups excluding carboxylic acids is 2. The average molecular weight is 520 g/mol. The molecule has 36 heavy (non-hydrogen) atoms. The first kappa shape index (κ1) is 27.3. The van der Waals surface area contributed by atoms with Gasteiger partial charge in [0.25, 0.3) is 0 Å². The molecule has 1 fully saturated rings. The number of carbonyl (C=O) groups is 2. The Hall–Kier alpha value is -3.31. The first-order chi connectivity index (χ1) is 17.3. The fourth-order valence-electron chi connectivity index (χ4n) is 3.91. The molecule has 1 heterocycles. The highest BCUT2D eigenvalue weighted by molar-refractivity contribution is 7.89. The third-order valence-electron chi connectivity index (χ3n) is 5.96. The van der Waals surface area contributed by atoms with Gasteiger partial charge in [0.15, 0.2) is 11.5 Å². The Bertz CT molecular complexity index is 1130. The predicted molar refractivity (Wildman–Crippen MR) is 134 cm³/mol. The standard InChI is InChI=1S/C25H33N3O7S/c1-4-35-25(30)27-16-14-26(15-17-27)24(29)19-28(13-12-20-8-6-5-7-9-20)36(31,32)21-10-11-22(33-2)23(18-21)34-3/h5-11,18H,4,12-17,19H2,1-3H3. The van der Waals surface area contributed by atoms with E-state index in [1.54, 1.807) is 16.7 Å². The zero-order valence-electron chi connectivity index (χ0n) is 20.9. The number of hydrogen-bond donors (Lipinski definition) is 0. The third-order valence-corrected chi connectivity index (χ3v) is 7.80. The minimum Gasteiger partial charge on any atom is -0.493 e. The summed E-state index contributed by atoms with van der Waals surface area (Å²) in [7, 11) is -1.13. The SMILES string of the molecule is CCOC(=O)N1CCN(C(=O)CN(CCc2ccccc2)S(=O)(=O)c2ccc(OC)c(OC)c2)CC1. The maximum Gasteiger partial charge on any atom is 0.409 e. The molecule has 1 aliphatic rings. The highest BCUT2D eigenvalue weighted by atomic mass is 32.2. The number of hydrogen-bond acceptors (Lipinski definition) is 7. The number of amides is 2. The van der Waals surface area contributed by atoms with Crippen LogP contribution in [-0.4, -0.2) is 94.6 Å². The summed E-state index contributed by atoms with van der Waals surface area (Å²) in [5.41, 5.74) is 0.959. The van der Waals surface area contributed by atoms with Crippen molar-refractivity contribution in [2.75, 3.05) is 60.1 Å². The van der Waals surface area contributed by atoms with Crippen LogP contribution in [-0.2, 0) is 26.0 Å². The predicted octanol–water partition coefficient (Wildman–Crippen LogP) is 2.24.